The summed E-state index contributed by atoms with van der Waals surface area (Å²) in [5.41, 5.74) is -0.922. The minimum atomic E-state index is -4.75. The molecule has 0 bridgehead atoms. The van der Waals surface area contributed by atoms with Crippen molar-refractivity contribution in [3.63, 3.8) is 0 Å². The van der Waals surface area contributed by atoms with Crippen molar-refractivity contribution in [3.05, 3.63) is 85.4 Å². The van der Waals surface area contributed by atoms with Crippen LogP contribution in [0.5, 0.6) is 5.75 Å². The van der Waals surface area contributed by atoms with E-state index < -0.39 is 23.3 Å². The Morgan fingerprint density at radius 3 is 2.64 bits per heavy atom. The van der Waals surface area contributed by atoms with E-state index in [9.17, 15) is 33.1 Å². The molecule has 0 aliphatic carbocycles. The summed E-state index contributed by atoms with van der Waals surface area (Å²) in [5.74, 6) is -0.556. The first-order chi connectivity index (χ1) is 20.8. The molecule has 2 aromatic carbocycles. The molecule has 0 unspecified atom stereocenters. The van der Waals surface area contributed by atoms with E-state index in [0.717, 1.165) is 6.07 Å². The summed E-state index contributed by atoms with van der Waals surface area (Å²) in [5, 5.41) is 21.2. The van der Waals surface area contributed by atoms with E-state index in [-0.39, 0.29) is 53.1 Å². The summed E-state index contributed by atoms with van der Waals surface area (Å²) in [7, 11) is 3.14. The van der Waals surface area contributed by atoms with Crippen LogP contribution in [-0.4, -0.2) is 51.2 Å². The van der Waals surface area contributed by atoms with Crippen molar-refractivity contribution in [3.8, 4) is 22.9 Å². The normalized spacial score (nSPS) is 11.8. The molecule has 0 fully saturated rings. The smallest absolute Gasteiger partial charge is 0.416 e. The lowest BCUT2D eigenvalue weighted by Crippen LogP contribution is -2.28. The molecule has 226 valence electrons. The average molecular weight is 642 g/mol. The number of aryl methyl sites for hydroxylation is 1. The molecule has 9 nitrogen and oxygen atoms in total. The van der Waals surface area contributed by atoms with Crippen LogP contribution >= 0.6 is 22.9 Å². The van der Waals surface area contributed by atoms with Gasteiger partial charge in [-0.3, -0.25) is 14.3 Å². The largest absolute Gasteiger partial charge is 0.491 e. The van der Waals surface area contributed by atoms with E-state index in [0.29, 0.717) is 32.1 Å². The Kier molecular flexibility index (Phi) is 8.35. The fourth-order valence-electron chi connectivity index (χ4n) is 5.03. The molecule has 5 rings (SSSR count). The van der Waals surface area contributed by atoms with Crippen molar-refractivity contribution in [2.75, 3.05) is 20.7 Å². The van der Waals surface area contributed by atoms with Gasteiger partial charge in [-0.05, 0) is 56.9 Å². The van der Waals surface area contributed by atoms with Crippen molar-refractivity contribution >= 4 is 50.0 Å². The molecule has 0 atom stereocenters. The number of carbonyl (C=O) groups is 1. The summed E-state index contributed by atoms with van der Waals surface area (Å²) in [6.45, 7) is 1.21. The van der Waals surface area contributed by atoms with Gasteiger partial charge in [0.05, 0.1) is 44.4 Å². The molecular formula is C30H23ClF3N5O4S. The molecule has 0 radical (unpaired) electrons. The van der Waals surface area contributed by atoms with Gasteiger partial charge in [0.25, 0.3) is 5.56 Å². The van der Waals surface area contributed by atoms with Crippen LogP contribution in [0.4, 0.5) is 13.2 Å². The lowest BCUT2D eigenvalue weighted by molar-refractivity contribution is -0.138. The Bertz CT molecular complexity index is 2050. The zero-order valence-corrected chi connectivity index (χ0v) is 25.1. The van der Waals surface area contributed by atoms with Gasteiger partial charge >= 0.3 is 12.1 Å². The summed E-state index contributed by atoms with van der Waals surface area (Å²) < 4.78 is 49.8. The first-order valence-corrected chi connectivity index (χ1v) is 14.3. The minimum Gasteiger partial charge on any atom is -0.491 e. The van der Waals surface area contributed by atoms with Crippen molar-refractivity contribution in [2.24, 2.45) is 0 Å². The van der Waals surface area contributed by atoms with Crippen LogP contribution in [0.25, 0.3) is 32.2 Å². The van der Waals surface area contributed by atoms with Crippen LogP contribution in [0, 0.1) is 18.3 Å². The van der Waals surface area contributed by atoms with Crippen LogP contribution in [0.2, 0.25) is 5.02 Å². The number of nitriles is 1. The molecule has 0 saturated carbocycles. The van der Waals surface area contributed by atoms with Crippen LogP contribution in [0.3, 0.4) is 0 Å². The number of carboxylic acids is 1. The predicted molar refractivity (Wildman–Crippen MR) is 160 cm³/mol. The molecule has 5 aromatic rings. The number of rotatable bonds is 8. The number of ether oxygens (including phenoxy) is 1. The fourth-order valence-corrected chi connectivity index (χ4v) is 6.23. The molecule has 3 heterocycles. The minimum absolute atomic E-state index is 0.0293. The molecule has 0 spiro atoms. The SMILES string of the molecule is Cc1nc2cc(C(F)(F)F)c(CN(C)C)c(C#N)c2c(=O)n1CCOc1ccc(Cl)cc1-c1ccnc2c(C(=O)O)csc12. The number of carboxylic acid groups (broad SMARTS) is 1. The number of alkyl halides is 3. The lowest BCUT2D eigenvalue weighted by Gasteiger charge is -2.20. The first kappa shape index (κ1) is 30.9. The topological polar surface area (TPSA) is 121 Å². The highest BCUT2D eigenvalue weighted by Gasteiger charge is 2.36. The van der Waals surface area contributed by atoms with Gasteiger partial charge in [0.2, 0.25) is 0 Å². The molecule has 0 aliphatic rings. The molecule has 3 aromatic heterocycles. The van der Waals surface area contributed by atoms with E-state index in [4.69, 9.17) is 16.3 Å². The summed E-state index contributed by atoms with van der Waals surface area (Å²) >= 11 is 7.52. The van der Waals surface area contributed by atoms with Gasteiger partial charge in [-0.25, -0.2) is 9.78 Å². The second-order valence-corrected chi connectivity index (χ2v) is 11.4. The van der Waals surface area contributed by atoms with Crippen molar-refractivity contribution in [1.82, 2.24) is 19.4 Å². The van der Waals surface area contributed by atoms with E-state index in [1.807, 2.05) is 6.07 Å². The highest BCUT2D eigenvalue weighted by atomic mass is 35.5. The van der Waals surface area contributed by atoms with Gasteiger partial charge in [0, 0.05) is 34.3 Å². The van der Waals surface area contributed by atoms with E-state index >= 15 is 0 Å². The molecule has 1 N–H and O–H groups in total. The molecule has 44 heavy (non-hydrogen) atoms. The summed E-state index contributed by atoms with van der Waals surface area (Å²) in [6.07, 6.45) is -3.26. The van der Waals surface area contributed by atoms with Crippen LogP contribution in [-0.2, 0) is 19.3 Å². The Morgan fingerprint density at radius 2 is 1.98 bits per heavy atom. The number of hydrogen-bond donors (Lipinski definition) is 1. The maximum absolute atomic E-state index is 14.0. The summed E-state index contributed by atoms with van der Waals surface area (Å²) in [6, 6.07) is 9.29. The van der Waals surface area contributed by atoms with Crippen LogP contribution in [0.1, 0.15) is 32.9 Å². The molecule has 0 amide bonds. The first-order valence-electron chi connectivity index (χ1n) is 13.0. The Hall–Kier alpha value is -4.51. The number of aromatic carboxylic acids is 1. The number of hydrogen-bond acceptors (Lipinski definition) is 8. The third kappa shape index (κ3) is 5.71. The lowest BCUT2D eigenvalue weighted by atomic mass is 9.96. The quantitative estimate of drug-likeness (QED) is 0.208. The number of nitrogens with zero attached hydrogens (tertiary/aromatic N) is 5. The third-order valence-corrected chi connectivity index (χ3v) is 8.16. The third-order valence-electron chi connectivity index (χ3n) is 6.93. The predicted octanol–water partition coefficient (Wildman–Crippen LogP) is 6.36. The number of halogens is 4. The molecule has 0 saturated heterocycles. The second-order valence-electron chi connectivity index (χ2n) is 10.1. The van der Waals surface area contributed by atoms with Gasteiger partial charge in [-0.15, -0.1) is 11.3 Å². The Morgan fingerprint density at radius 1 is 1.23 bits per heavy atom. The molecular weight excluding hydrogens is 619 g/mol. The number of pyridine rings is 1. The zero-order valence-electron chi connectivity index (χ0n) is 23.5. The van der Waals surface area contributed by atoms with Crippen LogP contribution < -0.4 is 10.3 Å². The van der Waals surface area contributed by atoms with E-state index in [1.54, 1.807) is 38.4 Å². The standard InChI is InChI=1S/C30H23ClF3N5O4S/c1-15-37-23-11-22(30(32,33)34)20(13-38(2)3)19(12-35)25(23)28(40)39(15)8-9-43-24-5-4-16(31)10-18(24)17-6-7-36-26-21(29(41)42)14-44-27(17)26/h4-7,10-11,14H,8-9,13H2,1-3H3,(H,41,42). The van der Waals surface area contributed by atoms with Gasteiger partial charge in [0.15, 0.2) is 0 Å². The van der Waals surface area contributed by atoms with Gasteiger partial charge in [-0.1, -0.05) is 11.6 Å². The maximum atomic E-state index is 14.0. The van der Waals surface area contributed by atoms with Crippen molar-refractivity contribution in [2.45, 2.75) is 26.2 Å². The highest BCUT2D eigenvalue weighted by molar-refractivity contribution is 7.18. The van der Waals surface area contributed by atoms with Crippen molar-refractivity contribution in [1.29, 1.82) is 5.26 Å². The van der Waals surface area contributed by atoms with Gasteiger partial charge < -0.3 is 14.7 Å². The second kappa shape index (κ2) is 11.9. The zero-order chi connectivity index (χ0) is 31.9. The van der Waals surface area contributed by atoms with Crippen molar-refractivity contribution < 1.29 is 27.8 Å². The van der Waals surface area contributed by atoms with E-state index in [1.165, 1.54) is 39.3 Å². The van der Waals surface area contributed by atoms with Gasteiger partial charge in [-0.2, -0.15) is 18.4 Å². The number of aromatic nitrogens is 3. The number of benzene rings is 2. The Balaban J connectivity index is 1.53. The number of fused-ring (bicyclic) bond motifs is 2. The monoisotopic (exact) mass is 641 g/mol. The molecule has 0 aliphatic heterocycles. The maximum Gasteiger partial charge on any atom is 0.416 e. The van der Waals surface area contributed by atoms with Gasteiger partial charge in [0.1, 0.15) is 24.3 Å². The fraction of sp³-hybridized carbons (Fsp3) is 0.233. The van der Waals surface area contributed by atoms with E-state index in [2.05, 4.69) is 9.97 Å². The van der Waals surface area contributed by atoms with Crippen LogP contribution in [0.15, 0.2) is 46.7 Å². The molecule has 14 heteroatoms. The summed E-state index contributed by atoms with van der Waals surface area (Å²) in [4.78, 5) is 35.3. The highest BCUT2D eigenvalue weighted by Crippen LogP contribution is 2.40. The number of thiophene rings is 1. The Labute approximate surface area is 257 Å². The average Bonchev–Trinajstić information content (AvgIpc) is 3.39.